The smallest absolute Gasteiger partial charge is 0.227 e. The second-order valence-corrected chi connectivity index (χ2v) is 8.63. The van der Waals surface area contributed by atoms with Crippen molar-refractivity contribution < 1.29 is 0 Å². The van der Waals surface area contributed by atoms with Crippen molar-refractivity contribution in [3.8, 4) is 5.69 Å². The summed E-state index contributed by atoms with van der Waals surface area (Å²) in [7, 11) is 0. The molecule has 1 aliphatic heterocycles. The van der Waals surface area contributed by atoms with Crippen LogP contribution in [0.15, 0.2) is 67.0 Å². The predicted molar refractivity (Wildman–Crippen MR) is 134 cm³/mol. The molecule has 0 bridgehead atoms. The molecule has 7 heteroatoms. The molecule has 2 aromatic carbocycles. The van der Waals surface area contributed by atoms with Crippen LogP contribution >= 0.6 is 0 Å². The average molecular weight is 442 g/mol. The lowest BCUT2D eigenvalue weighted by atomic mass is 10.0. The number of hydrogen-bond acceptors (Lipinski definition) is 6. The van der Waals surface area contributed by atoms with E-state index in [2.05, 4.69) is 69.9 Å². The van der Waals surface area contributed by atoms with Crippen LogP contribution in [0.3, 0.4) is 0 Å². The van der Waals surface area contributed by atoms with Crippen molar-refractivity contribution in [3.63, 3.8) is 0 Å². The lowest BCUT2D eigenvalue weighted by Gasteiger charge is -2.32. The molecule has 33 heavy (non-hydrogen) atoms. The standard InChI is InChI=1S/C26H31N7/c1-2-15-27-24-23-25(33(19-28-23)22-11-7-4-8-12-22)31-26(30-24)29-21-13-16-32(17-14-21)18-20-9-5-3-6-10-20/h3-12,19,21H,2,13-18H2,1H3,(H2,27,29,30,31). The Bertz CT molecular complexity index is 1170. The van der Waals surface area contributed by atoms with Crippen LogP contribution in [0.2, 0.25) is 0 Å². The maximum Gasteiger partial charge on any atom is 0.227 e. The molecule has 0 unspecified atom stereocenters. The second kappa shape index (κ2) is 10.0. The summed E-state index contributed by atoms with van der Waals surface area (Å²) < 4.78 is 2.03. The summed E-state index contributed by atoms with van der Waals surface area (Å²) in [6.07, 6.45) is 5.00. The lowest BCUT2D eigenvalue weighted by molar-refractivity contribution is 0.211. The third-order valence-electron chi connectivity index (χ3n) is 6.14. The molecule has 2 aromatic heterocycles. The quantitative estimate of drug-likeness (QED) is 0.413. The number of fused-ring (bicyclic) bond motifs is 1. The van der Waals surface area contributed by atoms with Gasteiger partial charge in [0.25, 0.3) is 0 Å². The van der Waals surface area contributed by atoms with Gasteiger partial charge in [0.2, 0.25) is 5.95 Å². The highest BCUT2D eigenvalue weighted by Gasteiger charge is 2.21. The fraction of sp³-hybridized carbons (Fsp3) is 0.346. The third kappa shape index (κ3) is 4.98. The highest BCUT2D eigenvalue weighted by atomic mass is 15.2. The van der Waals surface area contributed by atoms with Crippen LogP contribution in [-0.2, 0) is 6.54 Å². The minimum Gasteiger partial charge on any atom is -0.368 e. The Morgan fingerprint density at radius 3 is 2.39 bits per heavy atom. The number of rotatable bonds is 8. The first-order chi connectivity index (χ1) is 16.3. The molecule has 1 aliphatic rings. The Morgan fingerprint density at radius 2 is 1.67 bits per heavy atom. The molecule has 7 nitrogen and oxygen atoms in total. The van der Waals surface area contributed by atoms with E-state index in [1.54, 1.807) is 0 Å². The summed E-state index contributed by atoms with van der Waals surface area (Å²) in [4.78, 5) is 16.8. The monoisotopic (exact) mass is 441 g/mol. The van der Waals surface area contributed by atoms with Gasteiger partial charge in [-0.15, -0.1) is 0 Å². The number of piperidine rings is 1. The summed E-state index contributed by atoms with van der Waals surface area (Å²) >= 11 is 0. The van der Waals surface area contributed by atoms with E-state index in [1.165, 1.54) is 5.56 Å². The van der Waals surface area contributed by atoms with Gasteiger partial charge >= 0.3 is 0 Å². The fourth-order valence-electron chi connectivity index (χ4n) is 4.37. The van der Waals surface area contributed by atoms with Gasteiger partial charge in [0.15, 0.2) is 17.0 Å². The number of anilines is 2. The molecule has 170 valence electrons. The minimum atomic E-state index is 0.363. The number of benzene rings is 2. The van der Waals surface area contributed by atoms with Crippen LogP contribution < -0.4 is 10.6 Å². The Balaban J connectivity index is 1.33. The van der Waals surface area contributed by atoms with Gasteiger partial charge in [0.05, 0.1) is 0 Å². The van der Waals surface area contributed by atoms with Crippen LogP contribution in [0.1, 0.15) is 31.7 Å². The highest BCUT2D eigenvalue weighted by Crippen LogP contribution is 2.25. The molecule has 4 aromatic rings. The van der Waals surface area contributed by atoms with Crippen molar-refractivity contribution in [2.24, 2.45) is 0 Å². The van der Waals surface area contributed by atoms with Crippen molar-refractivity contribution in [3.05, 3.63) is 72.6 Å². The molecule has 3 heterocycles. The van der Waals surface area contributed by atoms with Gasteiger partial charge in [0, 0.05) is 37.9 Å². The van der Waals surface area contributed by atoms with Gasteiger partial charge < -0.3 is 10.6 Å². The zero-order chi connectivity index (χ0) is 22.5. The largest absolute Gasteiger partial charge is 0.368 e. The average Bonchev–Trinajstić information content (AvgIpc) is 3.29. The van der Waals surface area contributed by atoms with E-state index in [0.29, 0.717) is 12.0 Å². The molecule has 0 saturated carbocycles. The first kappa shape index (κ1) is 21.4. The van der Waals surface area contributed by atoms with Crippen molar-refractivity contribution >= 4 is 22.9 Å². The summed E-state index contributed by atoms with van der Waals surface area (Å²) in [5.74, 6) is 1.46. The molecule has 1 saturated heterocycles. The molecular formula is C26H31N7. The van der Waals surface area contributed by atoms with E-state index >= 15 is 0 Å². The Morgan fingerprint density at radius 1 is 0.939 bits per heavy atom. The molecule has 0 amide bonds. The van der Waals surface area contributed by atoms with E-state index in [1.807, 2.05) is 29.1 Å². The SMILES string of the molecule is CCCNc1nc(NC2CCN(Cc3ccccc3)CC2)nc2c1ncn2-c1ccccc1. The van der Waals surface area contributed by atoms with E-state index in [9.17, 15) is 0 Å². The van der Waals surface area contributed by atoms with E-state index in [0.717, 1.165) is 68.1 Å². The van der Waals surface area contributed by atoms with Crippen LogP contribution in [0.4, 0.5) is 11.8 Å². The number of para-hydroxylation sites is 1. The van der Waals surface area contributed by atoms with Gasteiger partial charge in [-0.2, -0.15) is 9.97 Å². The summed E-state index contributed by atoms with van der Waals surface area (Å²) in [6, 6.07) is 21.3. The number of aromatic nitrogens is 4. The number of nitrogens with zero attached hydrogens (tertiary/aromatic N) is 5. The molecule has 2 N–H and O–H groups in total. The van der Waals surface area contributed by atoms with Crippen molar-refractivity contribution in [1.82, 2.24) is 24.4 Å². The molecule has 0 atom stereocenters. The van der Waals surface area contributed by atoms with Gasteiger partial charge in [-0.05, 0) is 37.0 Å². The van der Waals surface area contributed by atoms with E-state index in [4.69, 9.17) is 9.97 Å². The van der Waals surface area contributed by atoms with Crippen LogP contribution in [0.5, 0.6) is 0 Å². The highest BCUT2D eigenvalue weighted by molar-refractivity contribution is 5.85. The Hall–Kier alpha value is -3.45. The fourth-order valence-corrected chi connectivity index (χ4v) is 4.37. The van der Waals surface area contributed by atoms with Gasteiger partial charge in [-0.3, -0.25) is 9.47 Å². The normalized spacial score (nSPS) is 15.1. The molecule has 0 spiro atoms. The number of hydrogen-bond donors (Lipinski definition) is 2. The Kier molecular flexibility index (Phi) is 6.48. The van der Waals surface area contributed by atoms with Crippen molar-refractivity contribution in [1.29, 1.82) is 0 Å². The van der Waals surface area contributed by atoms with Gasteiger partial charge in [0.1, 0.15) is 6.33 Å². The number of nitrogens with one attached hydrogen (secondary N) is 2. The topological polar surface area (TPSA) is 70.9 Å². The molecule has 1 fully saturated rings. The van der Waals surface area contributed by atoms with Crippen molar-refractivity contribution in [2.45, 2.75) is 38.8 Å². The molecule has 0 aliphatic carbocycles. The first-order valence-electron chi connectivity index (χ1n) is 11.9. The molecular weight excluding hydrogens is 410 g/mol. The minimum absolute atomic E-state index is 0.363. The van der Waals surface area contributed by atoms with E-state index < -0.39 is 0 Å². The van der Waals surface area contributed by atoms with Crippen LogP contribution in [0, 0.1) is 0 Å². The van der Waals surface area contributed by atoms with Crippen LogP contribution in [0.25, 0.3) is 16.9 Å². The summed E-state index contributed by atoms with van der Waals surface area (Å²) in [5.41, 5.74) is 4.04. The lowest BCUT2D eigenvalue weighted by Crippen LogP contribution is -2.39. The number of imidazole rings is 1. The maximum absolute atomic E-state index is 4.89. The zero-order valence-electron chi connectivity index (χ0n) is 19.1. The number of likely N-dealkylation sites (tertiary alicyclic amines) is 1. The third-order valence-corrected chi connectivity index (χ3v) is 6.14. The maximum atomic E-state index is 4.89. The van der Waals surface area contributed by atoms with Gasteiger partial charge in [-0.25, -0.2) is 4.98 Å². The van der Waals surface area contributed by atoms with Crippen molar-refractivity contribution in [2.75, 3.05) is 30.3 Å². The first-order valence-corrected chi connectivity index (χ1v) is 11.9. The zero-order valence-corrected chi connectivity index (χ0v) is 19.1. The second-order valence-electron chi connectivity index (χ2n) is 8.63. The summed E-state index contributed by atoms with van der Waals surface area (Å²) in [6.45, 7) is 6.14. The molecule has 5 rings (SSSR count). The predicted octanol–water partition coefficient (Wildman–Crippen LogP) is 4.71. The summed E-state index contributed by atoms with van der Waals surface area (Å²) in [5, 5.41) is 7.05. The van der Waals surface area contributed by atoms with E-state index in [-0.39, 0.29) is 0 Å². The Labute approximate surface area is 194 Å². The van der Waals surface area contributed by atoms with Gasteiger partial charge in [-0.1, -0.05) is 55.5 Å². The van der Waals surface area contributed by atoms with Crippen LogP contribution in [-0.4, -0.2) is 50.1 Å². The molecule has 0 radical (unpaired) electrons.